The Morgan fingerprint density at radius 3 is 1.63 bits per heavy atom. The van der Waals surface area contributed by atoms with Crippen LogP contribution in [0.15, 0.2) is 127 Å². The summed E-state index contributed by atoms with van der Waals surface area (Å²) in [5.41, 5.74) is 5.20. The molecule has 5 rings (SSSR count). The van der Waals surface area contributed by atoms with Crippen molar-refractivity contribution in [2.45, 2.75) is 44.9 Å². The highest BCUT2D eigenvalue weighted by molar-refractivity contribution is 6.11. The van der Waals surface area contributed by atoms with Gasteiger partial charge in [-0.25, -0.2) is 4.79 Å². The van der Waals surface area contributed by atoms with E-state index in [4.69, 9.17) is 4.74 Å². The van der Waals surface area contributed by atoms with Gasteiger partial charge in [-0.15, -0.1) is 0 Å². The fraction of sp³-hybridized carbons (Fsp3) is 0.263. The van der Waals surface area contributed by atoms with Crippen molar-refractivity contribution in [2.75, 3.05) is 19.7 Å². The van der Waals surface area contributed by atoms with Crippen LogP contribution in [-0.4, -0.2) is 41.4 Å². The van der Waals surface area contributed by atoms with Gasteiger partial charge in [-0.1, -0.05) is 115 Å². The Balaban J connectivity index is 1.25. The minimum absolute atomic E-state index is 0.209. The van der Waals surface area contributed by atoms with Crippen molar-refractivity contribution < 1.29 is 14.3 Å². The molecule has 5 heteroatoms. The van der Waals surface area contributed by atoms with Gasteiger partial charge in [0.05, 0.1) is 6.61 Å². The first-order valence-electron chi connectivity index (χ1n) is 15.3. The second-order valence-electron chi connectivity index (χ2n) is 10.9. The van der Waals surface area contributed by atoms with E-state index in [1.54, 1.807) is 4.90 Å². The van der Waals surface area contributed by atoms with Crippen LogP contribution < -0.4 is 4.74 Å². The van der Waals surface area contributed by atoms with Gasteiger partial charge in [-0.3, -0.25) is 14.6 Å². The molecule has 1 aliphatic rings. The van der Waals surface area contributed by atoms with Crippen LogP contribution in [0.5, 0.6) is 5.75 Å². The van der Waals surface area contributed by atoms with Gasteiger partial charge in [0.1, 0.15) is 11.4 Å². The molecule has 0 aromatic heterocycles. The first-order valence-corrected chi connectivity index (χ1v) is 15.3. The molecule has 4 aromatic carbocycles. The van der Waals surface area contributed by atoms with E-state index in [9.17, 15) is 9.59 Å². The predicted octanol–water partition coefficient (Wildman–Crippen LogP) is 7.65. The zero-order valence-corrected chi connectivity index (χ0v) is 24.7. The zero-order chi connectivity index (χ0) is 29.7. The van der Waals surface area contributed by atoms with Crippen LogP contribution in [0.25, 0.3) is 0 Å². The van der Waals surface area contributed by atoms with Crippen LogP contribution in [-0.2, 0) is 30.5 Å². The molecule has 0 aliphatic carbocycles. The SMILES string of the molecule is O=C1C(=CCc2ccccc2OCCCc2ccccc2)N(CCCc2ccccc2)C(=O)N1CCCc1ccccc1. The number of amides is 3. The molecule has 1 fully saturated rings. The Labute approximate surface area is 255 Å². The molecule has 5 nitrogen and oxygen atoms in total. The molecule has 3 amide bonds. The Kier molecular flexibility index (Phi) is 10.8. The third-order valence-electron chi connectivity index (χ3n) is 7.79. The number of aryl methyl sites for hydroxylation is 3. The van der Waals surface area contributed by atoms with Gasteiger partial charge in [0, 0.05) is 13.1 Å². The highest BCUT2D eigenvalue weighted by Crippen LogP contribution is 2.26. The fourth-order valence-corrected chi connectivity index (χ4v) is 5.50. The average molecular weight is 573 g/mol. The van der Waals surface area contributed by atoms with Gasteiger partial charge < -0.3 is 4.74 Å². The van der Waals surface area contributed by atoms with E-state index in [-0.39, 0.29) is 11.9 Å². The first-order chi connectivity index (χ1) is 21.2. The minimum atomic E-state index is -0.220. The summed E-state index contributed by atoms with van der Waals surface area (Å²) in [4.78, 5) is 30.3. The highest BCUT2D eigenvalue weighted by Gasteiger charge is 2.40. The van der Waals surface area contributed by atoms with E-state index in [0.29, 0.717) is 31.8 Å². The molecule has 0 bridgehead atoms. The summed E-state index contributed by atoms with van der Waals surface area (Å²) in [5.74, 6) is 0.610. The number of ether oxygens (including phenoxy) is 1. The van der Waals surface area contributed by atoms with Crippen LogP contribution in [0.4, 0.5) is 4.79 Å². The number of allylic oxidation sites excluding steroid dienone is 1. The second kappa shape index (κ2) is 15.5. The molecule has 220 valence electrons. The number of urea groups is 1. The highest BCUT2D eigenvalue weighted by atomic mass is 16.5. The topological polar surface area (TPSA) is 49.9 Å². The Morgan fingerprint density at radius 2 is 1.05 bits per heavy atom. The number of benzene rings is 4. The number of imide groups is 1. The van der Waals surface area contributed by atoms with E-state index in [1.165, 1.54) is 21.6 Å². The number of hydrogen-bond donors (Lipinski definition) is 0. The Bertz CT molecular complexity index is 1490. The third-order valence-corrected chi connectivity index (χ3v) is 7.79. The monoisotopic (exact) mass is 572 g/mol. The minimum Gasteiger partial charge on any atom is -0.493 e. The molecule has 4 aromatic rings. The van der Waals surface area contributed by atoms with Gasteiger partial charge in [-0.05, 0) is 73.3 Å². The number of rotatable bonds is 15. The lowest BCUT2D eigenvalue weighted by atomic mass is 10.1. The summed E-state index contributed by atoms with van der Waals surface area (Å²) < 4.78 is 6.17. The predicted molar refractivity (Wildman–Crippen MR) is 172 cm³/mol. The lowest BCUT2D eigenvalue weighted by Gasteiger charge is -2.17. The third kappa shape index (κ3) is 8.45. The van der Waals surface area contributed by atoms with E-state index in [2.05, 4.69) is 48.5 Å². The van der Waals surface area contributed by atoms with Crippen molar-refractivity contribution in [3.05, 3.63) is 149 Å². The fourth-order valence-electron chi connectivity index (χ4n) is 5.50. The number of nitrogens with zero attached hydrogens (tertiary/aromatic N) is 2. The van der Waals surface area contributed by atoms with Crippen molar-refractivity contribution in [3.63, 3.8) is 0 Å². The summed E-state index contributed by atoms with van der Waals surface area (Å²) in [5, 5.41) is 0. The molecule has 43 heavy (non-hydrogen) atoms. The maximum absolute atomic E-state index is 13.6. The van der Waals surface area contributed by atoms with Crippen molar-refractivity contribution in [1.82, 2.24) is 9.80 Å². The van der Waals surface area contributed by atoms with E-state index in [1.807, 2.05) is 72.8 Å². The number of carbonyl (C=O) groups excluding carboxylic acids is 2. The van der Waals surface area contributed by atoms with Crippen LogP contribution in [0.1, 0.15) is 41.5 Å². The first kappa shape index (κ1) is 29.8. The number of carbonyl (C=O) groups is 2. The van der Waals surface area contributed by atoms with Gasteiger partial charge >= 0.3 is 6.03 Å². The molecule has 0 unspecified atom stereocenters. The van der Waals surface area contributed by atoms with Gasteiger partial charge in [0.25, 0.3) is 5.91 Å². The molecule has 1 saturated heterocycles. The summed E-state index contributed by atoms with van der Waals surface area (Å²) in [6, 6.07) is 38.6. The van der Waals surface area contributed by atoms with Crippen molar-refractivity contribution >= 4 is 11.9 Å². The second-order valence-corrected chi connectivity index (χ2v) is 10.9. The van der Waals surface area contributed by atoms with E-state index < -0.39 is 0 Å². The summed E-state index contributed by atoms with van der Waals surface area (Å²) in [7, 11) is 0. The summed E-state index contributed by atoms with van der Waals surface area (Å²) in [6.45, 7) is 1.51. The zero-order valence-electron chi connectivity index (χ0n) is 24.7. The van der Waals surface area contributed by atoms with Gasteiger partial charge in [-0.2, -0.15) is 0 Å². The van der Waals surface area contributed by atoms with Crippen molar-refractivity contribution in [3.8, 4) is 5.75 Å². The van der Waals surface area contributed by atoms with Crippen LogP contribution >= 0.6 is 0 Å². The maximum Gasteiger partial charge on any atom is 0.331 e. The summed E-state index contributed by atoms with van der Waals surface area (Å²) >= 11 is 0. The Hall–Kier alpha value is -4.64. The van der Waals surface area contributed by atoms with Gasteiger partial charge in [0.15, 0.2) is 0 Å². The molecular weight excluding hydrogens is 532 g/mol. The van der Waals surface area contributed by atoms with Crippen LogP contribution in [0.3, 0.4) is 0 Å². The molecule has 0 saturated carbocycles. The molecule has 1 heterocycles. The van der Waals surface area contributed by atoms with Crippen LogP contribution in [0.2, 0.25) is 0 Å². The normalized spacial score (nSPS) is 14.1. The van der Waals surface area contributed by atoms with Gasteiger partial charge in [0.2, 0.25) is 0 Å². The molecular formula is C38H40N2O3. The number of hydrogen-bond acceptors (Lipinski definition) is 3. The molecule has 0 radical (unpaired) electrons. The van der Waals surface area contributed by atoms with E-state index in [0.717, 1.165) is 49.8 Å². The van der Waals surface area contributed by atoms with Crippen molar-refractivity contribution in [2.24, 2.45) is 0 Å². The van der Waals surface area contributed by atoms with E-state index >= 15 is 0 Å². The molecule has 0 spiro atoms. The lowest BCUT2D eigenvalue weighted by Crippen LogP contribution is -2.34. The Morgan fingerprint density at radius 1 is 0.558 bits per heavy atom. The number of para-hydroxylation sites is 1. The smallest absolute Gasteiger partial charge is 0.331 e. The largest absolute Gasteiger partial charge is 0.493 e. The standard InChI is InChI=1S/C38H40N2O3/c41-37-35(27-26-34-24-10-11-25-36(34)43-30-14-23-33-19-8-3-9-20-33)39(28-12-21-31-15-4-1-5-16-31)38(42)40(37)29-13-22-32-17-6-2-7-18-32/h1-11,15-20,24-25,27H,12-14,21-23,26,28-30H2. The lowest BCUT2D eigenvalue weighted by molar-refractivity contribution is -0.123. The molecule has 0 atom stereocenters. The summed E-state index contributed by atoms with van der Waals surface area (Å²) in [6.07, 6.45) is 7.47. The molecule has 1 aliphatic heterocycles. The quantitative estimate of drug-likeness (QED) is 0.0835. The van der Waals surface area contributed by atoms with Crippen molar-refractivity contribution in [1.29, 1.82) is 0 Å². The molecule has 0 N–H and O–H groups in total. The maximum atomic E-state index is 13.6. The average Bonchev–Trinajstić information content (AvgIpc) is 3.27. The van der Waals surface area contributed by atoms with Crippen LogP contribution in [0, 0.1) is 0 Å².